The van der Waals surface area contributed by atoms with E-state index in [9.17, 15) is 19.5 Å². The molecule has 3 fully saturated rings. The van der Waals surface area contributed by atoms with Crippen LogP contribution >= 0.6 is 0 Å². The van der Waals surface area contributed by atoms with Crippen molar-refractivity contribution < 1.29 is 38.4 Å². The Labute approximate surface area is 236 Å². The van der Waals surface area contributed by atoms with Crippen molar-refractivity contribution >= 4 is 17.8 Å². The molecule has 3 heterocycles. The van der Waals surface area contributed by atoms with Gasteiger partial charge in [0, 0.05) is 26.5 Å². The van der Waals surface area contributed by atoms with Gasteiger partial charge in [0.15, 0.2) is 0 Å². The number of rotatable bonds is 11. The maximum Gasteiger partial charge on any atom is 0.303 e. The van der Waals surface area contributed by atoms with E-state index in [0.717, 1.165) is 12.0 Å². The molecule has 224 valence electrons. The molecule has 4 N–H and O–H groups in total. The monoisotopic (exact) mass is 563 g/mol. The zero-order valence-corrected chi connectivity index (χ0v) is 24.3. The summed E-state index contributed by atoms with van der Waals surface area (Å²) >= 11 is 0. The highest BCUT2D eigenvalue weighted by molar-refractivity contribution is 5.87. The maximum absolute atomic E-state index is 12.4. The van der Waals surface area contributed by atoms with Gasteiger partial charge in [-0.15, -0.1) is 0 Å². The summed E-state index contributed by atoms with van der Waals surface area (Å²) in [5.41, 5.74) is 5.53. The molecule has 0 radical (unpaired) electrons. The summed E-state index contributed by atoms with van der Waals surface area (Å²) in [5, 5.41) is 13.8. The third-order valence-electron chi connectivity index (χ3n) is 7.60. The fraction of sp³-hybridized carbons (Fsp3) is 0.690. The number of epoxide rings is 1. The summed E-state index contributed by atoms with van der Waals surface area (Å²) in [6.45, 7) is 9.53. The Morgan fingerprint density at radius 2 is 1.90 bits per heavy atom. The van der Waals surface area contributed by atoms with E-state index in [2.05, 4.69) is 29.2 Å². The number of aliphatic hydroxyl groups is 1. The molecule has 3 aliphatic heterocycles. The smallest absolute Gasteiger partial charge is 0.303 e. The first-order valence-corrected chi connectivity index (χ1v) is 14.0. The Bertz CT molecular complexity index is 992. The lowest BCUT2D eigenvalue weighted by Gasteiger charge is -2.39. The zero-order chi connectivity index (χ0) is 29.4. The first kappa shape index (κ1) is 32.0. The average Bonchev–Trinajstić information content (AvgIpc) is 3.64. The Kier molecular flexibility index (Phi) is 11.5. The standard InChI is InChI=1S/C29H45N3O8/c1-17(8-11-25-28(36)29(16-37-29)15-22(40-25)14-27(35)32-30-6)7-10-24-18(2)13-23(20(4)39-24)31-26(34)12-9-19(3)38-21(5)33/h7-9,11-12,18-20,22-25,28,30,36H,10,13-16H2,1-6H3,(H,31,34)(H,32,35)/b11-8+,12-9-,17-7+/t18-,19-,20+,22+,23+,24-,25+,28?,29+/m0/s1. The maximum atomic E-state index is 12.4. The minimum Gasteiger partial charge on any atom is -0.459 e. The van der Waals surface area contributed by atoms with Gasteiger partial charge in [0.05, 0.1) is 37.4 Å². The molecular weight excluding hydrogens is 518 g/mol. The van der Waals surface area contributed by atoms with Gasteiger partial charge in [-0.25, -0.2) is 5.43 Å². The summed E-state index contributed by atoms with van der Waals surface area (Å²) in [6.07, 6.45) is 8.57. The fourth-order valence-corrected chi connectivity index (χ4v) is 5.28. The third-order valence-corrected chi connectivity index (χ3v) is 7.60. The number of carbonyl (C=O) groups excluding carboxylic acids is 3. The van der Waals surface area contributed by atoms with Crippen molar-refractivity contribution in [2.75, 3.05) is 13.7 Å². The predicted octanol–water partition coefficient (Wildman–Crippen LogP) is 1.61. The van der Waals surface area contributed by atoms with Crippen LogP contribution in [-0.2, 0) is 33.3 Å². The van der Waals surface area contributed by atoms with Crippen LogP contribution in [0, 0.1) is 5.92 Å². The van der Waals surface area contributed by atoms with Crippen LogP contribution in [0.3, 0.4) is 0 Å². The number of amides is 2. The van der Waals surface area contributed by atoms with Gasteiger partial charge < -0.3 is 29.4 Å². The summed E-state index contributed by atoms with van der Waals surface area (Å²) < 4.78 is 22.9. The molecule has 11 heteroatoms. The van der Waals surface area contributed by atoms with Crippen LogP contribution in [-0.4, -0.2) is 84.8 Å². The number of nitrogens with one attached hydrogen (secondary N) is 3. The lowest BCUT2D eigenvalue weighted by Crippen LogP contribution is -2.51. The molecule has 9 atom stereocenters. The molecule has 0 aromatic rings. The van der Waals surface area contributed by atoms with Gasteiger partial charge >= 0.3 is 5.97 Å². The molecule has 2 amide bonds. The quantitative estimate of drug-likeness (QED) is 0.0968. The number of hydrogen-bond acceptors (Lipinski definition) is 9. The molecule has 1 unspecified atom stereocenters. The number of allylic oxidation sites excluding steroid dienone is 2. The number of aliphatic hydroxyl groups excluding tert-OH is 1. The van der Waals surface area contributed by atoms with Gasteiger partial charge in [0.2, 0.25) is 11.8 Å². The van der Waals surface area contributed by atoms with Gasteiger partial charge in [0.25, 0.3) is 0 Å². The van der Waals surface area contributed by atoms with Gasteiger partial charge in [0.1, 0.15) is 23.9 Å². The van der Waals surface area contributed by atoms with E-state index in [1.165, 1.54) is 13.0 Å². The van der Waals surface area contributed by atoms with E-state index in [4.69, 9.17) is 18.9 Å². The molecule has 11 nitrogen and oxygen atoms in total. The fourth-order valence-electron chi connectivity index (χ4n) is 5.28. The topological polar surface area (TPSA) is 148 Å². The summed E-state index contributed by atoms with van der Waals surface area (Å²) in [4.78, 5) is 35.4. The van der Waals surface area contributed by atoms with Crippen LogP contribution in [0.1, 0.15) is 60.3 Å². The average molecular weight is 564 g/mol. The van der Waals surface area contributed by atoms with E-state index in [0.29, 0.717) is 19.4 Å². The Morgan fingerprint density at radius 3 is 2.55 bits per heavy atom. The minimum atomic E-state index is -0.797. The second kappa shape index (κ2) is 14.4. The Hall–Kier alpha value is -2.57. The minimum absolute atomic E-state index is 0.000699. The van der Waals surface area contributed by atoms with Crippen LogP contribution in [0.4, 0.5) is 0 Å². The van der Waals surface area contributed by atoms with E-state index >= 15 is 0 Å². The van der Waals surface area contributed by atoms with Gasteiger partial charge in [-0.2, -0.15) is 0 Å². The second-order valence-corrected chi connectivity index (χ2v) is 11.2. The zero-order valence-electron chi connectivity index (χ0n) is 24.3. The van der Waals surface area contributed by atoms with Crippen molar-refractivity contribution in [1.82, 2.24) is 16.2 Å². The van der Waals surface area contributed by atoms with Crippen LogP contribution in [0.5, 0.6) is 0 Å². The van der Waals surface area contributed by atoms with Gasteiger partial charge in [-0.05, 0) is 45.6 Å². The first-order valence-electron chi connectivity index (χ1n) is 14.0. The largest absolute Gasteiger partial charge is 0.459 e. The highest BCUT2D eigenvalue weighted by Crippen LogP contribution is 2.43. The molecule has 0 saturated carbocycles. The lowest BCUT2D eigenvalue weighted by molar-refractivity contribution is -0.146. The summed E-state index contributed by atoms with van der Waals surface area (Å²) in [7, 11) is 1.63. The molecule has 3 rings (SSSR count). The molecule has 3 saturated heterocycles. The Balaban J connectivity index is 1.50. The highest BCUT2D eigenvalue weighted by atomic mass is 16.6. The molecule has 0 bridgehead atoms. The van der Waals surface area contributed by atoms with Crippen LogP contribution < -0.4 is 16.2 Å². The number of carbonyl (C=O) groups is 3. The van der Waals surface area contributed by atoms with Crippen molar-refractivity contribution in [2.24, 2.45) is 5.92 Å². The summed E-state index contributed by atoms with van der Waals surface area (Å²) in [5.74, 6) is -0.603. The first-order chi connectivity index (χ1) is 18.9. The van der Waals surface area contributed by atoms with Crippen LogP contribution in [0.2, 0.25) is 0 Å². The van der Waals surface area contributed by atoms with Crippen molar-refractivity contribution in [3.63, 3.8) is 0 Å². The third kappa shape index (κ3) is 9.24. The molecular formula is C29H45N3O8. The normalized spacial score (nSPS) is 35.1. The lowest BCUT2D eigenvalue weighted by atomic mass is 9.87. The van der Waals surface area contributed by atoms with E-state index in [1.807, 2.05) is 26.0 Å². The number of hydrazine groups is 1. The van der Waals surface area contributed by atoms with Gasteiger partial charge in [-0.3, -0.25) is 19.8 Å². The van der Waals surface area contributed by atoms with E-state index in [1.54, 1.807) is 20.0 Å². The highest BCUT2D eigenvalue weighted by Gasteiger charge is 2.58. The molecule has 0 aliphatic carbocycles. The molecule has 0 aromatic heterocycles. The number of ether oxygens (including phenoxy) is 4. The van der Waals surface area contributed by atoms with Crippen molar-refractivity contribution in [2.45, 2.75) is 109 Å². The van der Waals surface area contributed by atoms with Gasteiger partial charge in [-0.1, -0.05) is 30.7 Å². The summed E-state index contributed by atoms with van der Waals surface area (Å²) in [6, 6.07) is -0.123. The molecule has 40 heavy (non-hydrogen) atoms. The van der Waals surface area contributed by atoms with Crippen LogP contribution in [0.25, 0.3) is 0 Å². The van der Waals surface area contributed by atoms with Crippen molar-refractivity contribution in [3.05, 3.63) is 36.0 Å². The number of hydrogen-bond donors (Lipinski definition) is 4. The Morgan fingerprint density at radius 1 is 1.18 bits per heavy atom. The second-order valence-electron chi connectivity index (χ2n) is 11.2. The number of esters is 1. The SMILES string of the molecule is CNNC(=O)C[C@@H]1C[C@@]2(CO2)C(O)[C@@H](/C=C/C(C)=C/C[C@@H]2O[C@H](C)[C@H](NC(=O)/C=C\[C@H](C)OC(C)=O)C[C@@H]2C)O1. The molecule has 3 aliphatic rings. The van der Waals surface area contributed by atoms with Crippen molar-refractivity contribution in [1.29, 1.82) is 0 Å². The molecule has 0 aromatic carbocycles. The van der Waals surface area contributed by atoms with E-state index < -0.39 is 29.9 Å². The van der Waals surface area contributed by atoms with Crippen molar-refractivity contribution in [3.8, 4) is 0 Å². The molecule has 1 spiro atoms. The predicted molar refractivity (Wildman–Crippen MR) is 148 cm³/mol. The van der Waals surface area contributed by atoms with E-state index in [-0.39, 0.29) is 48.5 Å². The van der Waals surface area contributed by atoms with Crippen LogP contribution in [0.15, 0.2) is 36.0 Å².